The zero-order valence-corrected chi connectivity index (χ0v) is 24.5. The van der Waals surface area contributed by atoms with Gasteiger partial charge in [-0.15, -0.1) is 0 Å². The average Bonchev–Trinajstić information content (AvgIpc) is 3.33. The first-order valence-electron chi connectivity index (χ1n) is 14.4. The molecule has 42 heavy (non-hydrogen) atoms. The maximum absolute atomic E-state index is 13.2. The molecule has 0 spiro atoms. The molecule has 8 nitrogen and oxygen atoms in total. The number of aromatic nitrogens is 2. The molecule has 2 heterocycles. The van der Waals surface area contributed by atoms with Crippen LogP contribution in [0.2, 0.25) is 0 Å². The molecule has 3 aromatic carbocycles. The van der Waals surface area contributed by atoms with Crippen LogP contribution in [0.5, 0.6) is 11.6 Å². The molecule has 8 heteroatoms. The van der Waals surface area contributed by atoms with Gasteiger partial charge in [-0.1, -0.05) is 67.9 Å². The van der Waals surface area contributed by atoms with Gasteiger partial charge >= 0.3 is 0 Å². The molecular formula is C34H37N5O3. The lowest BCUT2D eigenvalue weighted by Crippen LogP contribution is -2.50. The van der Waals surface area contributed by atoms with Gasteiger partial charge in [0.2, 0.25) is 5.88 Å². The number of aryl methyl sites for hydroxylation is 2. The lowest BCUT2D eigenvalue weighted by molar-refractivity contribution is -0.133. The third kappa shape index (κ3) is 6.26. The summed E-state index contributed by atoms with van der Waals surface area (Å²) in [6.45, 7) is 4.82. The number of piperazine rings is 1. The monoisotopic (exact) mass is 563 g/mol. The molecule has 5 rings (SSSR count). The van der Waals surface area contributed by atoms with E-state index >= 15 is 0 Å². The Bertz CT molecular complexity index is 1560. The SMILES string of the molecule is CCCc1nn(C)c(OCC(=O)N2CCN(c3ccccc3OC)CC2)c1Cc1ccc(-c2ccccc2C#N)cc1. The van der Waals surface area contributed by atoms with E-state index in [1.807, 2.05) is 54.4 Å². The van der Waals surface area contributed by atoms with Crippen LogP contribution in [0.4, 0.5) is 5.69 Å². The summed E-state index contributed by atoms with van der Waals surface area (Å²) in [5, 5.41) is 14.2. The fraction of sp³-hybridized carbons (Fsp3) is 0.324. The van der Waals surface area contributed by atoms with Crippen LogP contribution in [-0.2, 0) is 24.7 Å². The number of methoxy groups -OCH3 is 1. The van der Waals surface area contributed by atoms with Gasteiger partial charge in [0, 0.05) is 45.2 Å². The van der Waals surface area contributed by atoms with Crippen molar-refractivity contribution in [3.63, 3.8) is 0 Å². The summed E-state index contributed by atoms with van der Waals surface area (Å²) in [7, 11) is 3.55. The molecule has 4 aromatic rings. The Morgan fingerprint density at radius 1 is 0.976 bits per heavy atom. The first kappa shape index (κ1) is 28.7. The number of rotatable bonds is 10. The summed E-state index contributed by atoms with van der Waals surface area (Å²) in [6, 6.07) is 26.2. The van der Waals surface area contributed by atoms with Gasteiger partial charge in [-0.2, -0.15) is 10.4 Å². The fourth-order valence-electron chi connectivity index (χ4n) is 5.55. The summed E-state index contributed by atoms with van der Waals surface area (Å²) < 4.78 is 13.5. The highest BCUT2D eigenvalue weighted by molar-refractivity contribution is 5.78. The van der Waals surface area contributed by atoms with Crippen LogP contribution in [-0.4, -0.2) is 60.5 Å². The summed E-state index contributed by atoms with van der Waals surface area (Å²) >= 11 is 0. The zero-order chi connectivity index (χ0) is 29.5. The van der Waals surface area contributed by atoms with Crippen LogP contribution in [0.15, 0.2) is 72.8 Å². The van der Waals surface area contributed by atoms with Gasteiger partial charge in [-0.3, -0.25) is 4.79 Å². The van der Waals surface area contributed by atoms with Crippen molar-refractivity contribution >= 4 is 11.6 Å². The number of nitrogens with zero attached hydrogens (tertiary/aromatic N) is 5. The molecule has 0 saturated carbocycles. The highest BCUT2D eigenvalue weighted by Gasteiger charge is 2.25. The van der Waals surface area contributed by atoms with Gasteiger partial charge in [0.1, 0.15) is 5.75 Å². The number of benzene rings is 3. The van der Waals surface area contributed by atoms with Crippen LogP contribution < -0.4 is 14.4 Å². The average molecular weight is 564 g/mol. The maximum atomic E-state index is 13.2. The van der Waals surface area contributed by atoms with E-state index in [4.69, 9.17) is 14.6 Å². The largest absolute Gasteiger partial charge is 0.495 e. The predicted octanol–water partition coefficient (Wildman–Crippen LogP) is 5.24. The molecule has 1 aromatic heterocycles. The molecule has 0 bridgehead atoms. The van der Waals surface area contributed by atoms with Crippen molar-refractivity contribution in [3.8, 4) is 28.8 Å². The Kier molecular flexibility index (Phi) is 9.08. The van der Waals surface area contributed by atoms with E-state index in [0.29, 0.717) is 31.0 Å². The van der Waals surface area contributed by atoms with Crippen LogP contribution in [0, 0.1) is 11.3 Å². The van der Waals surface area contributed by atoms with Crippen LogP contribution >= 0.6 is 0 Å². The molecule has 1 fully saturated rings. The first-order chi connectivity index (χ1) is 20.5. The van der Waals surface area contributed by atoms with Crippen molar-refractivity contribution in [2.45, 2.75) is 26.2 Å². The number of amides is 1. The summed E-state index contributed by atoms with van der Waals surface area (Å²) in [5.41, 5.74) is 6.75. The number of carbonyl (C=O) groups excluding carboxylic acids is 1. The third-order valence-electron chi connectivity index (χ3n) is 7.74. The van der Waals surface area contributed by atoms with Crippen LogP contribution in [0.3, 0.4) is 0 Å². The van der Waals surface area contributed by atoms with Gasteiger partial charge in [0.15, 0.2) is 6.61 Å². The van der Waals surface area contributed by atoms with E-state index in [1.54, 1.807) is 11.8 Å². The van der Waals surface area contributed by atoms with Crippen molar-refractivity contribution in [3.05, 3.63) is 95.2 Å². The van der Waals surface area contributed by atoms with Crippen LogP contribution in [0.25, 0.3) is 11.1 Å². The topological polar surface area (TPSA) is 83.6 Å². The minimum absolute atomic E-state index is 0.0284. The summed E-state index contributed by atoms with van der Waals surface area (Å²) in [4.78, 5) is 17.3. The van der Waals surface area contributed by atoms with E-state index in [-0.39, 0.29) is 12.5 Å². The number of hydrogen-bond donors (Lipinski definition) is 0. The van der Waals surface area contributed by atoms with E-state index < -0.39 is 0 Å². The van der Waals surface area contributed by atoms with Gasteiger partial charge < -0.3 is 19.3 Å². The smallest absolute Gasteiger partial charge is 0.260 e. The lowest BCUT2D eigenvalue weighted by atomic mass is 9.97. The second-order valence-electron chi connectivity index (χ2n) is 10.5. The minimum Gasteiger partial charge on any atom is -0.495 e. The Hall–Kier alpha value is -4.77. The third-order valence-corrected chi connectivity index (χ3v) is 7.74. The second kappa shape index (κ2) is 13.3. The van der Waals surface area contributed by atoms with Crippen molar-refractivity contribution in [2.75, 3.05) is 44.8 Å². The summed E-state index contributed by atoms with van der Waals surface area (Å²) in [6.07, 6.45) is 2.44. The van der Waals surface area contributed by atoms with E-state index in [0.717, 1.165) is 65.3 Å². The van der Waals surface area contributed by atoms with Gasteiger partial charge in [-0.05, 0) is 41.3 Å². The number of nitriles is 1. The number of ether oxygens (including phenoxy) is 2. The van der Waals surface area contributed by atoms with Crippen molar-refractivity contribution in [2.24, 2.45) is 7.05 Å². The molecule has 1 aliphatic heterocycles. The highest BCUT2D eigenvalue weighted by Crippen LogP contribution is 2.30. The first-order valence-corrected chi connectivity index (χ1v) is 14.4. The Morgan fingerprint density at radius 3 is 2.40 bits per heavy atom. The van der Waals surface area contributed by atoms with E-state index in [1.165, 1.54) is 0 Å². The van der Waals surface area contributed by atoms with Gasteiger partial charge in [-0.25, -0.2) is 4.68 Å². The minimum atomic E-state index is -0.0311. The number of hydrogen-bond acceptors (Lipinski definition) is 6. The van der Waals surface area contributed by atoms with Gasteiger partial charge in [0.25, 0.3) is 5.91 Å². The fourth-order valence-corrected chi connectivity index (χ4v) is 5.55. The lowest BCUT2D eigenvalue weighted by Gasteiger charge is -2.36. The van der Waals surface area contributed by atoms with E-state index in [2.05, 4.69) is 48.2 Å². The second-order valence-corrected chi connectivity index (χ2v) is 10.5. The molecule has 216 valence electrons. The normalized spacial score (nSPS) is 13.1. The molecule has 0 radical (unpaired) electrons. The molecule has 0 aliphatic carbocycles. The molecule has 0 N–H and O–H groups in total. The molecule has 1 amide bonds. The predicted molar refractivity (Wildman–Crippen MR) is 164 cm³/mol. The molecule has 0 atom stereocenters. The quantitative estimate of drug-likeness (QED) is 0.263. The van der Waals surface area contributed by atoms with Crippen molar-refractivity contribution in [1.82, 2.24) is 14.7 Å². The number of para-hydroxylation sites is 2. The van der Waals surface area contributed by atoms with E-state index in [9.17, 15) is 10.1 Å². The Labute approximate surface area is 247 Å². The van der Waals surface area contributed by atoms with Crippen molar-refractivity contribution < 1.29 is 14.3 Å². The van der Waals surface area contributed by atoms with Crippen LogP contribution in [0.1, 0.15) is 35.7 Å². The number of anilines is 1. The maximum Gasteiger partial charge on any atom is 0.260 e. The molecular weight excluding hydrogens is 526 g/mol. The zero-order valence-electron chi connectivity index (χ0n) is 24.5. The Balaban J connectivity index is 1.25. The highest BCUT2D eigenvalue weighted by atomic mass is 16.5. The molecule has 1 aliphatic rings. The van der Waals surface area contributed by atoms with Gasteiger partial charge in [0.05, 0.1) is 30.1 Å². The molecule has 1 saturated heterocycles. The number of carbonyl (C=O) groups is 1. The molecule has 0 unspecified atom stereocenters. The Morgan fingerprint density at radius 2 is 1.69 bits per heavy atom. The summed E-state index contributed by atoms with van der Waals surface area (Å²) in [5.74, 6) is 1.45. The standard InChI is InChI=1S/C34H37N5O3/c1-4-9-30-29(22-25-14-16-26(17-15-25)28-11-6-5-10-27(28)23-35)34(37(2)36-30)42-24-33(40)39-20-18-38(19-21-39)31-12-7-8-13-32(31)41-3/h5-8,10-17H,4,9,18-22,24H2,1-3H3. The van der Waals surface area contributed by atoms with Crippen molar-refractivity contribution in [1.29, 1.82) is 5.26 Å².